The first kappa shape index (κ1) is 4.14. The maximum atomic E-state index is 7.04. The Balaban J connectivity index is 3.41. The summed E-state index contributed by atoms with van der Waals surface area (Å²) in [7, 11) is 0. The lowest BCUT2D eigenvalue weighted by Crippen LogP contribution is -1.87. The number of hydrogen-bond donors (Lipinski definition) is 0. The fourth-order valence-corrected chi connectivity index (χ4v) is 0.839. The van der Waals surface area contributed by atoms with E-state index in [4.69, 9.17) is 17.6 Å². The van der Waals surface area contributed by atoms with Crippen molar-refractivity contribution in [2.45, 2.75) is 0 Å². The van der Waals surface area contributed by atoms with Crippen molar-refractivity contribution in [1.82, 2.24) is 9.78 Å². The molecule has 0 fully saturated rings. The third kappa shape index (κ3) is 0.929. The number of halogens is 1. The van der Waals surface area contributed by atoms with Gasteiger partial charge in [-0.25, -0.2) is 0 Å². The fraction of sp³-hybridized carbons (Fsp3) is 0.167. The van der Waals surface area contributed by atoms with E-state index in [-0.39, 0.29) is 16.0 Å². The molecule has 10 heavy (non-hydrogen) atoms. The van der Waals surface area contributed by atoms with E-state index in [0.29, 0.717) is 4.68 Å². The topological polar surface area (TPSA) is 22.2 Å². The maximum Gasteiger partial charge on any atom is 0.266 e. The molecular weight excluding hydrogens is 194 g/mol. The molecule has 2 radical (unpaired) electrons. The van der Waals surface area contributed by atoms with Crippen molar-refractivity contribution >= 4 is 21.7 Å². The van der Waals surface area contributed by atoms with Gasteiger partial charge in [-0.3, -0.25) is 0 Å². The van der Waals surface area contributed by atoms with E-state index in [0.717, 1.165) is 0 Å². The van der Waals surface area contributed by atoms with Crippen molar-refractivity contribution in [1.29, 1.82) is 0 Å². The minimum Gasteiger partial charge on any atom is -0.361 e. The van der Waals surface area contributed by atoms with Gasteiger partial charge in [0.25, 0.3) is 5.82 Å². The Bertz CT molecular complexity index is 374. The van der Waals surface area contributed by atoms with Crippen LogP contribution in [0.4, 0.5) is 5.82 Å². The van der Waals surface area contributed by atoms with Crippen LogP contribution in [0.1, 0.15) is 9.81 Å². The Morgan fingerprint density at radius 2 is 2.70 bits per heavy atom. The van der Waals surface area contributed by atoms with Gasteiger partial charge in [0.2, 0.25) is 0 Å². The molecule has 1 aromatic rings. The zero-order valence-electron chi connectivity index (χ0n) is 7.80. The highest BCUT2D eigenvalue weighted by Crippen LogP contribution is 2.27. The van der Waals surface area contributed by atoms with E-state index >= 15 is 0 Å². The Morgan fingerprint density at radius 3 is 3.10 bits per heavy atom. The first-order chi connectivity index (χ1) is 5.88. The van der Waals surface area contributed by atoms with E-state index in [2.05, 4.69) is 25.9 Å². The summed E-state index contributed by atoms with van der Waals surface area (Å²) < 4.78 is 22.0. The SMILES string of the molecule is [2H]C([2H])([2H])n1nc([CH])c(Br)c1[N+]#[C-]. The van der Waals surface area contributed by atoms with Crippen molar-refractivity contribution in [3.05, 3.63) is 28.5 Å². The van der Waals surface area contributed by atoms with Gasteiger partial charge in [-0.15, -0.1) is 5.10 Å². The third-order valence-corrected chi connectivity index (χ3v) is 1.70. The summed E-state index contributed by atoms with van der Waals surface area (Å²) in [6.45, 7) is 9.62. The van der Waals surface area contributed by atoms with Crippen LogP contribution in [0, 0.1) is 13.5 Å². The minimum absolute atomic E-state index is 0.00197. The predicted octanol–water partition coefficient (Wildman–Crippen LogP) is 1.79. The van der Waals surface area contributed by atoms with Crippen LogP contribution in [0.15, 0.2) is 4.47 Å². The van der Waals surface area contributed by atoms with Crippen LogP contribution < -0.4 is 0 Å². The smallest absolute Gasteiger partial charge is 0.266 e. The Kier molecular flexibility index (Phi) is 1.01. The number of aromatic nitrogens is 2. The molecule has 3 nitrogen and oxygen atoms in total. The van der Waals surface area contributed by atoms with E-state index in [1.807, 2.05) is 0 Å². The van der Waals surface area contributed by atoms with Gasteiger partial charge in [-0.2, -0.15) is 4.68 Å². The standard InChI is InChI=1S/C6H4BrN3/c1-4-5(7)6(8-2)10(3)9-4/h1H,3H3/i3D3. The Labute approximate surface area is 71.8 Å². The molecule has 0 aliphatic heterocycles. The van der Waals surface area contributed by atoms with E-state index in [1.54, 1.807) is 0 Å². The van der Waals surface area contributed by atoms with Gasteiger partial charge >= 0.3 is 0 Å². The molecule has 1 heterocycles. The second-order valence-electron chi connectivity index (χ2n) is 1.55. The summed E-state index contributed by atoms with van der Waals surface area (Å²) in [5.74, 6) is -0.113. The molecule has 1 aromatic heterocycles. The number of aryl methyl sites for hydroxylation is 1. The Hall–Kier alpha value is -0.820. The highest BCUT2D eigenvalue weighted by molar-refractivity contribution is 9.10. The first-order valence-electron chi connectivity index (χ1n) is 3.80. The Morgan fingerprint density at radius 1 is 2.00 bits per heavy atom. The molecule has 0 bridgehead atoms. The predicted molar refractivity (Wildman–Crippen MR) is 40.6 cm³/mol. The lowest BCUT2D eigenvalue weighted by atomic mass is 10.5. The first-order valence-corrected chi connectivity index (χ1v) is 3.09. The van der Waals surface area contributed by atoms with Gasteiger partial charge in [0.15, 0.2) is 0 Å². The molecule has 0 aromatic carbocycles. The molecule has 0 spiro atoms. The summed E-state index contributed by atoms with van der Waals surface area (Å²) in [4.78, 5) is 3.02. The van der Waals surface area contributed by atoms with Crippen molar-refractivity contribution in [2.24, 2.45) is 6.98 Å². The van der Waals surface area contributed by atoms with Crippen molar-refractivity contribution in [3.8, 4) is 0 Å². The molecular formula is C6H4BrN3. The molecule has 0 aliphatic carbocycles. The van der Waals surface area contributed by atoms with E-state index in [1.165, 1.54) is 0 Å². The summed E-state index contributed by atoms with van der Waals surface area (Å²) >= 11 is 2.98. The fourth-order valence-electron chi connectivity index (χ4n) is 0.503. The van der Waals surface area contributed by atoms with Gasteiger partial charge in [-0.05, 0) is 0 Å². The summed E-state index contributed by atoms with van der Waals surface area (Å²) in [6.07, 6.45) is 0. The number of nitrogens with zero attached hydrogens (tertiary/aromatic N) is 3. The quantitative estimate of drug-likeness (QED) is 0.586. The van der Waals surface area contributed by atoms with Crippen molar-refractivity contribution in [2.75, 3.05) is 0 Å². The van der Waals surface area contributed by atoms with Crippen LogP contribution in [-0.4, -0.2) is 9.78 Å². The molecule has 0 unspecified atom stereocenters. The lowest BCUT2D eigenvalue weighted by Gasteiger charge is -1.86. The third-order valence-electron chi connectivity index (χ3n) is 0.935. The normalized spacial score (nSPS) is 15.1. The van der Waals surface area contributed by atoms with Crippen LogP contribution >= 0.6 is 15.9 Å². The minimum atomic E-state index is -2.47. The van der Waals surface area contributed by atoms with Crippen LogP contribution in [0.5, 0.6) is 0 Å². The molecule has 0 saturated carbocycles. The highest BCUT2D eigenvalue weighted by atomic mass is 79.9. The summed E-state index contributed by atoms with van der Waals surface area (Å²) in [6, 6.07) is 0. The van der Waals surface area contributed by atoms with Crippen molar-refractivity contribution < 1.29 is 4.11 Å². The molecule has 0 N–H and O–H groups in total. The molecule has 50 valence electrons. The molecule has 0 saturated heterocycles. The number of hydrogen-bond acceptors (Lipinski definition) is 1. The van der Waals surface area contributed by atoms with Crippen LogP contribution in [0.25, 0.3) is 4.85 Å². The average Bonchev–Trinajstić information content (AvgIpc) is 2.28. The molecule has 0 aliphatic rings. The van der Waals surface area contributed by atoms with Gasteiger partial charge in [0, 0.05) is 6.92 Å². The van der Waals surface area contributed by atoms with Crippen molar-refractivity contribution in [3.63, 3.8) is 0 Å². The van der Waals surface area contributed by atoms with E-state index < -0.39 is 6.98 Å². The molecule has 0 amide bonds. The van der Waals surface area contributed by atoms with E-state index in [9.17, 15) is 0 Å². The van der Waals surface area contributed by atoms with Crippen LogP contribution in [0.3, 0.4) is 0 Å². The number of rotatable bonds is 0. The molecule has 4 heteroatoms. The van der Waals surface area contributed by atoms with Gasteiger partial charge in [0.1, 0.15) is 0 Å². The largest absolute Gasteiger partial charge is 0.361 e. The maximum absolute atomic E-state index is 7.04. The zero-order valence-corrected chi connectivity index (χ0v) is 6.38. The van der Waals surface area contributed by atoms with Gasteiger partial charge in [-0.1, -0.05) is 22.5 Å². The average molecular weight is 201 g/mol. The van der Waals surface area contributed by atoms with Gasteiger partial charge in [0.05, 0.1) is 21.3 Å². The van der Waals surface area contributed by atoms with Gasteiger partial charge < -0.3 is 4.85 Å². The molecule has 0 atom stereocenters. The zero-order chi connectivity index (χ0) is 10.2. The summed E-state index contributed by atoms with van der Waals surface area (Å²) in [5, 5.41) is 3.52. The monoisotopic (exact) mass is 200 g/mol. The highest BCUT2D eigenvalue weighted by Gasteiger charge is 2.09. The molecule has 1 rings (SSSR count). The summed E-state index contributed by atoms with van der Waals surface area (Å²) in [5.41, 5.74) is 0.00197. The lowest BCUT2D eigenvalue weighted by molar-refractivity contribution is 0.776. The second kappa shape index (κ2) is 2.43. The second-order valence-corrected chi connectivity index (χ2v) is 2.34. The van der Waals surface area contributed by atoms with Crippen LogP contribution in [0.2, 0.25) is 0 Å². The van der Waals surface area contributed by atoms with Crippen LogP contribution in [-0.2, 0) is 6.98 Å².